The van der Waals surface area contributed by atoms with Crippen LogP contribution in [0.3, 0.4) is 0 Å². The number of terminal acetylenes is 1. The van der Waals surface area contributed by atoms with Crippen molar-refractivity contribution >= 4 is 0 Å². The van der Waals surface area contributed by atoms with Crippen molar-refractivity contribution in [1.82, 2.24) is 0 Å². The second kappa shape index (κ2) is 14.5. The molecular formula is C14H26O4. The maximum Gasteiger partial charge on any atom is 0.107 e. The molecule has 0 aliphatic rings. The molecule has 0 bridgehead atoms. The molecule has 4 heteroatoms. The van der Waals surface area contributed by atoms with Crippen molar-refractivity contribution in [3.63, 3.8) is 0 Å². The molecule has 0 aliphatic carbocycles. The third-order valence-electron chi connectivity index (χ3n) is 2.14. The van der Waals surface area contributed by atoms with Crippen molar-refractivity contribution in [1.29, 1.82) is 0 Å². The summed E-state index contributed by atoms with van der Waals surface area (Å²) in [7, 11) is 0. The van der Waals surface area contributed by atoms with E-state index >= 15 is 0 Å². The molecule has 0 aromatic rings. The van der Waals surface area contributed by atoms with Crippen LogP contribution in [0.5, 0.6) is 0 Å². The van der Waals surface area contributed by atoms with Crippen LogP contribution in [0, 0.1) is 18.3 Å². The van der Waals surface area contributed by atoms with E-state index in [1.54, 1.807) is 0 Å². The number of hydrogen-bond acceptors (Lipinski definition) is 4. The van der Waals surface area contributed by atoms with Gasteiger partial charge < -0.3 is 18.9 Å². The molecule has 0 aromatic carbocycles. The Kier molecular flexibility index (Phi) is 14.0. The zero-order chi connectivity index (χ0) is 13.5. The van der Waals surface area contributed by atoms with Crippen molar-refractivity contribution < 1.29 is 18.9 Å². The van der Waals surface area contributed by atoms with E-state index in [1.165, 1.54) is 0 Å². The summed E-state index contributed by atoms with van der Waals surface area (Å²) in [5, 5.41) is 0. The molecule has 0 heterocycles. The van der Waals surface area contributed by atoms with Gasteiger partial charge in [0.25, 0.3) is 0 Å². The summed E-state index contributed by atoms with van der Waals surface area (Å²) >= 11 is 0. The molecule has 0 aliphatic heterocycles. The van der Waals surface area contributed by atoms with Crippen LogP contribution in [0.15, 0.2) is 0 Å². The second-order valence-electron chi connectivity index (χ2n) is 4.28. The van der Waals surface area contributed by atoms with Gasteiger partial charge in [0.15, 0.2) is 0 Å². The highest BCUT2D eigenvalue weighted by molar-refractivity contribution is 4.82. The largest absolute Gasteiger partial charge is 0.379 e. The van der Waals surface area contributed by atoms with Crippen LogP contribution in [0.25, 0.3) is 0 Å². The van der Waals surface area contributed by atoms with E-state index in [9.17, 15) is 0 Å². The Morgan fingerprint density at radius 1 is 0.778 bits per heavy atom. The van der Waals surface area contributed by atoms with E-state index in [0.29, 0.717) is 52.2 Å². The van der Waals surface area contributed by atoms with Gasteiger partial charge in [0.2, 0.25) is 0 Å². The fourth-order valence-electron chi connectivity index (χ4n) is 1.11. The first-order chi connectivity index (χ1) is 8.77. The molecule has 0 spiro atoms. The third kappa shape index (κ3) is 15.4. The predicted octanol–water partition coefficient (Wildman–Crippen LogP) is 1.73. The van der Waals surface area contributed by atoms with Gasteiger partial charge in [-0.1, -0.05) is 19.8 Å². The smallest absolute Gasteiger partial charge is 0.107 e. The molecule has 0 aromatic heterocycles. The zero-order valence-electron chi connectivity index (χ0n) is 11.7. The van der Waals surface area contributed by atoms with Crippen LogP contribution in [0.4, 0.5) is 0 Å². The minimum absolute atomic E-state index is 0.341. The van der Waals surface area contributed by atoms with Crippen LogP contribution in [0.1, 0.15) is 20.3 Å². The summed E-state index contributed by atoms with van der Waals surface area (Å²) < 4.78 is 21.1. The van der Waals surface area contributed by atoms with Gasteiger partial charge in [0.05, 0.1) is 39.6 Å². The monoisotopic (exact) mass is 258 g/mol. The molecular weight excluding hydrogens is 232 g/mol. The topological polar surface area (TPSA) is 36.9 Å². The maximum atomic E-state index is 5.41. The van der Waals surface area contributed by atoms with E-state index < -0.39 is 0 Å². The van der Waals surface area contributed by atoms with Crippen LogP contribution in [-0.2, 0) is 18.9 Å². The Morgan fingerprint density at radius 3 is 1.67 bits per heavy atom. The summed E-state index contributed by atoms with van der Waals surface area (Å²) in [6.07, 6.45) is 6.13. The van der Waals surface area contributed by atoms with Crippen molar-refractivity contribution in [2.45, 2.75) is 20.3 Å². The molecule has 106 valence electrons. The molecule has 18 heavy (non-hydrogen) atoms. The van der Waals surface area contributed by atoms with Crippen LogP contribution in [0.2, 0.25) is 0 Å². The highest BCUT2D eigenvalue weighted by atomic mass is 16.6. The lowest BCUT2D eigenvalue weighted by atomic mass is 10.1. The Morgan fingerprint density at radius 2 is 1.22 bits per heavy atom. The number of rotatable bonds is 13. The molecule has 0 rings (SSSR count). The molecule has 0 atom stereocenters. The molecule has 0 saturated heterocycles. The summed E-state index contributed by atoms with van der Waals surface area (Å²) in [6, 6.07) is 0. The molecule has 0 amide bonds. The van der Waals surface area contributed by atoms with Gasteiger partial charge in [-0.05, 0) is 12.3 Å². The predicted molar refractivity (Wildman–Crippen MR) is 71.6 cm³/mol. The van der Waals surface area contributed by atoms with Gasteiger partial charge in [0, 0.05) is 6.61 Å². The highest BCUT2D eigenvalue weighted by Crippen LogP contribution is 1.98. The molecule has 4 nitrogen and oxygen atoms in total. The first-order valence-corrected chi connectivity index (χ1v) is 6.51. The Labute approximate surface area is 111 Å². The quantitative estimate of drug-likeness (QED) is 0.372. The van der Waals surface area contributed by atoms with Crippen LogP contribution < -0.4 is 0 Å². The molecule has 0 radical (unpaired) electrons. The van der Waals surface area contributed by atoms with E-state index in [1.807, 2.05) is 0 Å². The SMILES string of the molecule is C#CCOCCOCCOCCOCCC(C)C. The van der Waals surface area contributed by atoms with Crippen molar-refractivity contribution in [2.24, 2.45) is 5.92 Å². The summed E-state index contributed by atoms with van der Waals surface area (Å²) in [5.74, 6) is 3.08. The van der Waals surface area contributed by atoms with Gasteiger partial charge in [-0.15, -0.1) is 6.42 Å². The Hall–Kier alpha value is -0.600. The summed E-state index contributed by atoms with van der Waals surface area (Å²) in [4.78, 5) is 0. The maximum absolute atomic E-state index is 5.41. The average molecular weight is 258 g/mol. The lowest BCUT2D eigenvalue weighted by Crippen LogP contribution is -2.12. The first kappa shape index (κ1) is 17.4. The Bertz CT molecular complexity index is 198. The lowest BCUT2D eigenvalue weighted by molar-refractivity contribution is 0.000257. The first-order valence-electron chi connectivity index (χ1n) is 6.51. The minimum Gasteiger partial charge on any atom is -0.379 e. The van der Waals surface area contributed by atoms with Gasteiger partial charge in [-0.3, -0.25) is 0 Å². The minimum atomic E-state index is 0.341. The van der Waals surface area contributed by atoms with Crippen molar-refractivity contribution in [2.75, 3.05) is 52.9 Å². The fraction of sp³-hybridized carbons (Fsp3) is 0.857. The van der Waals surface area contributed by atoms with Crippen LogP contribution >= 0.6 is 0 Å². The van der Waals surface area contributed by atoms with E-state index in [4.69, 9.17) is 25.4 Å². The second-order valence-corrected chi connectivity index (χ2v) is 4.28. The Balaban J connectivity index is 2.93. The van der Waals surface area contributed by atoms with Gasteiger partial charge in [-0.2, -0.15) is 0 Å². The molecule has 0 unspecified atom stereocenters. The fourth-order valence-corrected chi connectivity index (χ4v) is 1.11. The third-order valence-corrected chi connectivity index (χ3v) is 2.14. The van der Waals surface area contributed by atoms with Gasteiger partial charge in [-0.25, -0.2) is 0 Å². The highest BCUT2D eigenvalue weighted by Gasteiger charge is 1.94. The van der Waals surface area contributed by atoms with Crippen molar-refractivity contribution in [3.8, 4) is 12.3 Å². The summed E-state index contributed by atoms with van der Waals surface area (Å²) in [6.45, 7) is 9.03. The number of ether oxygens (including phenoxy) is 4. The zero-order valence-corrected chi connectivity index (χ0v) is 11.7. The van der Waals surface area contributed by atoms with E-state index in [0.717, 1.165) is 13.0 Å². The average Bonchev–Trinajstić information content (AvgIpc) is 2.34. The molecule has 0 fully saturated rings. The van der Waals surface area contributed by atoms with E-state index in [2.05, 4.69) is 19.8 Å². The van der Waals surface area contributed by atoms with E-state index in [-0.39, 0.29) is 0 Å². The lowest BCUT2D eigenvalue weighted by Gasteiger charge is -2.07. The molecule has 0 N–H and O–H groups in total. The molecule has 0 saturated carbocycles. The van der Waals surface area contributed by atoms with Crippen molar-refractivity contribution in [3.05, 3.63) is 0 Å². The normalized spacial score (nSPS) is 10.8. The van der Waals surface area contributed by atoms with Gasteiger partial charge >= 0.3 is 0 Å². The van der Waals surface area contributed by atoms with Gasteiger partial charge in [0.1, 0.15) is 6.61 Å². The van der Waals surface area contributed by atoms with Crippen LogP contribution in [-0.4, -0.2) is 52.9 Å². The summed E-state index contributed by atoms with van der Waals surface area (Å²) in [5.41, 5.74) is 0. The number of hydrogen-bond donors (Lipinski definition) is 0. The standard InChI is InChI=1S/C14H26O4/c1-4-6-15-8-10-17-12-13-18-11-9-16-7-5-14(2)3/h1,14H,5-13H2,2-3H3.